The van der Waals surface area contributed by atoms with Crippen molar-refractivity contribution in [1.82, 2.24) is 5.32 Å². The van der Waals surface area contributed by atoms with Gasteiger partial charge in [-0.3, -0.25) is 4.79 Å². The molecule has 2 aromatic rings. The fourth-order valence-corrected chi connectivity index (χ4v) is 3.92. The average Bonchev–Trinajstić information content (AvgIpc) is 3.07. The highest BCUT2D eigenvalue weighted by molar-refractivity contribution is 5.99. The first-order valence-corrected chi connectivity index (χ1v) is 10.2. The smallest absolute Gasteiger partial charge is 0.326 e. The van der Waals surface area contributed by atoms with Gasteiger partial charge in [-0.25, -0.2) is 4.79 Å². The number of hydrogen-bond donors (Lipinski definition) is 2. The Balaban J connectivity index is 1.93. The van der Waals surface area contributed by atoms with E-state index in [4.69, 9.17) is 9.15 Å². The van der Waals surface area contributed by atoms with E-state index < -0.39 is 17.9 Å². The Morgan fingerprint density at radius 2 is 2.03 bits per heavy atom. The molecule has 156 valence electrons. The molecule has 6 heteroatoms. The summed E-state index contributed by atoms with van der Waals surface area (Å²) in [6.07, 6.45) is 6.32. The van der Waals surface area contributed by atoms with Crippen LogP contribution in [0.4, 0.5) is 0 Å². The topological polar surface area (TPSA) is 88.8 Å². The van der Waals surface area contributed by atoms with E-state index >= 15 is 0 Å². The Kier molecular flexibility index (Phi) is 6.30. The highest BCUT2D eigenvalue weighted by Gasteiger charge is 2.25. The summed E-state index contributed by atoms with van der Waals surface area (Å²) in [6.45, 7) is 5.54. The molecule has 2 unspecified atom stereocenters. The molecule has 0 spiro atoms. The van der Waals surface area contributed by atoms with Crippen molar-refractivity contribution in [2.75, 3.05) is 7.11 Å². The molecule has 1 aliphatic rings. The Labute approximate surface area is 170 Å². The lowest BCUT2D eigenvalue weighted by molar-refractivity contribution is -0.142. The molecule has 2 N–H and O–H groups in total. The number of carbonyl (C=O) groups excluding carboxylic acids is 1. The number of hydrogen-bond acceptors (Lipinski definition) is 4. The van der Waals surface area contributed by atoms with Crippen molar-refractivity contribution in [1.29, 1.82) is 0 Å². The maximum Gasteiger partial charge on any atom is 0.326 e. The van der Waals surface area contributed by atoms with E-state index in [1.807, 2.05) is 32.9 Å². The zero-order valence-corrected chi connectivity index (χ0v) is 17.5. The van der Waals surface area contributed by atoms with E-state index in [2.05, 4.69) is 5.32 Å². The van der Waals surface area contributed by atoms with Gasteiger partial charge in [-0.05, 0) is 43.7 Å². The van der Waals surface area contributed by atoms with Gasteiger partial charge in [0.2, 0.25) is 5.91 Å². The number of fused-ring (bicyclic) bond motifs is 3. The Hall–Kier alpha value is -2.76. The standard InChI is InChI=1S/C23H29NO5/c1-5-13(2)22(23(26)27)24-21(25)10-14(3)16-11-17-15-8-6-7-9-18(15)29-20(17)12-19(16)28-4/h10-13,22H,5-9H2,1-4H3,(H,24,25)(H,26,27)/b14-10+. The van der Waals surface area contributed by atoms with Crippen LogP contribution in [0.3, 0.4) is 0 Å². The summed E-state index contributed by atoms with van der Waals surface area (Å²) in [5.41, 5.74) is 3.56. The first kappa shape index (κ1) is 21.0. The predicted molar refractivity (Wildman–Crippen MR) is 112 cm³/mol. The maximum absolute atomic E-state index is 12.5. The second kappa shape index (κ2) is 8.72. The fraction of sp³-hybridized carbons (Fsp3) is 0.478. The van der Waals surface area contributed by atoms with Gasteiger partial charge in [0.05, 0.1) is 7.11 Å². The number of nitrogens with one attached hydrogen (secondary N) is 1. The SMILES string of the molecule is CCC(C)C(NC(=O)/C=C(\C)c1cc2c3c(oc2cc1OC)CCCC3)C(=O)O. The lowest BCUT2D eigenvalue weighted by atomic mass is 9.94. The van der Waals surface area contributed by atoms with E-state index in [1.54, 1.807) is 7.11 Å². The highest BCUT2D eigenvalue weighted by atomic mass is 16.5. The Morgan fingerprint density at radius 3 is 2.69 bits per heavy atom. The lowest BCUT2D eigenvalue weighted by Crippen LogP contribution is -2.44. The van der Waals surface area contributed by atoms with Gasteiger partial charge in [0, 0.05) is 35.1 Å². The van der Waals surface area contributed by atoms with Crippen LogP contribution in [0.2, 0.25) is 0 Å². The number of furan rings is 1. The number of carboxylic acids is 1. The number of rotatable bonds is 7. The van der Waals surface area contributed by atoms with Gasteiger partial charge >= 0.3 is 5.97 Å². The summed E-state index contributed by atoms with van der Waals surface area (Å²) in [5.74, 6) is 0.0624. The van der Waals surface area contributed by atoms with Gasteiger partial charge in [-0.2, -0.15) is 0 Å². The van der Waals surface area contributed by atoms with Crippen LogP contribution in [0, 0.1) is 5.92 Å². The third kappa shape index (κ3) is 4.31. The molecule has 1 aromatic heterocycles. The number of ether oxygens (including phenoxy) is 1. The monoisotopic (exact) mass is 399 g/mol. The van der Waals surface area contributed by atoms with Crippen molar-refractivity contribution in [3.05, 3.63) is 35.1 Å². The number of allylic oxidation sites excluding steroid dienone is 1. The minimum atomic E-state index is -1.03. The van der Waals surface area contributed by atoms with Gasteiger partial charge in [-0.1, -0.05) is 20.3 Å². The molecule has 1 amide bonds. The fourth-order valence-electron chi connectivity index (χ4n) is 3.92. The van der Waals surface area contributed by atoms with Crippen molar-refractivity contribution in [2.45, 2.75) is 58.9 Å². The highest BCUT2D eigenvalue weighted by Crippen LogP contribution is 2.37. The molecule has 0 saturated carbocycles. The van der Waals surface area contributed by atoms with Crippen molar-refractivity contribution in [2.24, 2.45) is 5.92 Å². The Bertz CT molecular complexity index is 956. The molecular weight excluding hydrogens is 370 g/mol. The largest absolute Gasteiger partial charge is 0.496 e. The van der Waals surface area contributed by atoms with Crippen molar-refractivity contribution in [3.63, 3.8) is 0 Å². The van der Waals surface area contributed by atoms with Gasteiger partial charge in [-0.15, -0.1) is 0 Å². The average molecular weight is 399 g/mol. The molecule has 1 aromatic carbocycles. The minimum Gasteiger partial charge on any atom is -0.496 e. The molecule has 0 aliphatic heterocycles. The van der Waals surface area contributed by atoms with Crippen LogP contribution in [0.5, 0.6) is 5.75 Å². The number of amides is 1. The van der Waals surface area contributed by atoms with E-state index in [0.29, 0.717) is 17.7 Å². The minimum absolute atomic E-state index is 0.159. The summed E-state index contributed by atoms with van der Waals surface area (Å²) >= 11 is 0. The normalized spacial score (nSPS) is 16.2. The molecule has 1 heterocycles. The molecule has 6 nitrogen and oxygen atoms in total. The summed E-state index contributed by atoms with van der Waals surface area (Å²) in [6, 6.07) is 2.98. The summed E-state index contributed by atoms with van der Waals surface area (Å²) in [4.78, 5) is 24.0. The van der Waals surface area contributed by atoms with Crippen LogP contribution in [-0.4, -0.2) is 30.1 Å². The molecule has 0 saturated heterocycles. The van der Waals surface area contributed by atoms with Gasteiger partial charge in [0.1, 0.15) is 23.1 Å². The molecule has 0 bridgehead atoms. The first-order chi connectivity index (χ1) is 13.8. The molecule has 0 radical (unpaired) electrons. The van der Waals surface area contributed by atoms with E-state index in [-0.39, 0.29) is 5.92 Å². The number of carboxylic acid groups (broad SMARTS) is 1. The summed E-state index contributed by atoms with van der Waals surface area (Å²) < 4.78 is 11.6. The zero-order chi connectivity index (χ0) is 21.1. The Morgan fingerprint density at radius 1 is 1.31 bits per heavy atom. The third-order valence-electron chi connectivity index (χ3n) is 5.83. The summed E-state index contributed by atoms with van der Waals surface area (Å²) in [5, 5.41) is 13.1. The van der Waals surface area contributed by atoms with Crippen LogP contribution in [0.15, 0.2) is 22.6 Å². The van der Waals surface area contributed by atoms with Crippen molar-refractivity contribution >= 4 is 28.4 Å². The van der Waals surface area contributed by atoms with Gasteiger partial charge in [0.25, 0.3) is 0 Å². The summed E-state index contributed by atoms with van der Waals surface area (Å²) in [7, 11) is 1.59. The molecule has 1 aliphatic carbocycles. The lowest BCUT2D eigenvalue weighted by Gasteiger charge is -2.19. The first-order valence-electron chi connectivity index (χ1n) is 10.2. The van der Waals surface area contributed by atoms with Crippen LogP contribution in [0.25, 0.3) is 16.5 Å². The van der Waals surface area contributed by atoms with Gasteiger partial charge in [0.15, 0.2) is 0 Å². The number of methoxy groups -OCH3 is 1. The van der Waals surface area contributed by atoms with Crippen LogP contribution in [-0.2, 0) is 22.4 Å². The molecular formula is C23H29NO5. The van der Waals surface area contributed by atoms with Crippen LogP contribution < -0.4 is 10.1 Å². The quantitative estimate of drug-likeness (QED) is 0.676. The van der Waals surface area contributed by atoms with Gasteiger partial charge < -0.3 is 19.6 Å². The van der Waals surface area contributed by atoms with E-state index in [1.165, 1.54) is 11.6 Å². The number of carbonyl (C=O) groups is 2. The van der Waals surface area contributed by atoms with Crippen LogP contribution >= 0.6 is 0 Å². The second-order valence-electron chi connectivity index (χ2n) is 7.80. The molecule has 3 rings (SSSR count). The number of benzene rings is 1. The van der Waals surface area contributed by atoms with Crippen molar-refractivity contribution < 1.29 is 23.8 Å². The number of aryl methyl sites for hydroxylation is 2. The number of aliphatic carboxylic acids is 1. The zero-order valence-electron chi connectivity index (χ0n) is 17.5. The molecule has 2 atom stereocenters. The third-order valence-corrected chi connectivity index (χ3v) is 5.83. The second-order valence-corrected chi connectivity index (χ2v) is 7.80. The maximum atomic E-state index is 12.5. The predicted octanol–water partition coefficient (Wildman–Crippen LogP) is 4.34. The van der Waals surface area contributed by atoms with E-state index in [9.17, 15) is 14.7 Å². The van der Waals surface area contributed by atoms with Crippen LogP contribution in [0.1, 0.15) is 56.9 Å². The molecule has 0 fully saturated rings. The molecule has 29 heavy (non-hydrogen) atoms. The van der Waals surface area contributed by atoms with Crippen molar-refractivity contribution in [3.8, 4) is 5.75 Å². The van der Waals surface area contributed by atoms with E-state index in [0.717, 1.165) is 48.0 Å².